The number of halogens is 1. The number of fused-ring (bicyclic) bond motifs is 2. The number of carboxylic acid groups (broad SMARTS) is 1. The quantitative estimate of drug-likeness (QED) is 0.875. The van der Waals surface area contributed by atoms with Crippen molar-refractivity contribution in [1.29, 1.82) is 0 Å². The van der Waals surface area contributed by atoms with E-state index in [4.69, 9.17) is 9.84 Å². The molecule has 1 aromatic heterocycles. The number of nitrogens with zero attached hydrogens (tertiary/aromatic N) is 1. The van der Waals surface area contributed by atoms with Gasteiger partial charge >= 0.3 is 5.97 Å². The molecule has 1 saturated heterocycles. The lowest BCUT2D eigenvalue weighted by molar-refractivity contribution is -0.158. The van der Waals surface area contributed by atoms with Gasteiger partial charge in [-0.3, -0.25) is 4.98 Å². The maximum absolute atomic E-state index is 10.9. The van der Waals surface area contributed by atoms with Gasteiger partial charge < -0.3 is 15.2 Å². The molecule has 3 atom stereocenters. The molecule has 0 aromatic carbocycles. The zero-order chi connectivity index (χ0) is 14.2. The second-order valence-electron chi connectivity index (χ2n) is 5.50. The van der Waals surface area contributed by atoms with Crippen LogP contribution in [0.25, 0.3) is 0 Å². The number of aliphatic carboxylic acids is 1. The van der Waals surface area contributed by atoms with Crippen LogP contribution in [-0.2, 0) is 15.1 Å². The van der Waals surface area contributed by atoms with Crippen molar-refractivity contribution in [2.75, 3.05) is 13.2 Å². The fourth-order valence-electron chi connectivity index (χ4n) is 3.52. The van der Waals surface area contributed by atoms with E-state index in [-0.39, 0.29) is 6.61 Å². The second kappa shape index (κ2) is 5.42. The van der Waals surface area contributed by atoms with E-state index in [1.165, 1.54) is 0 Å². The zero-order valence-electron chi connectivity index (χ0n) is 11.0. The third-order valence-corrected chi connectivity index (χ3v) is 5.06. The lowest BCUT2D eigenvalue weighted by atomic mass is 9.72. The van der Waals surface area contributed by atoms with Gasteiger partial charge in [0.1, 0.15) is 6.61 Å². The number of pyridine rings is 1. The summed E-state index contributed by atoms with van der Waals surface area (Å²) in [5, 5.41) is 12.5. The molecule has 1 aliphatic carbocycles. The molecule has 108 valence electrons. The number of carboxylic acids is 1. The van der Waals surface area contributed by atoms with Gasteiger partial charge in [0.15, 0.2) is 0 Å². The highest BCUT2D eigenvalue weighted by Crippen LogP contribution is 2.48. The molecule has 1 saturated carbocycles. The van der Waals surface area contributed by atoms with E-state index in [9.17, 15) is 4.79 Å². The minimum atomic E-state index is -0.928. The lowest BCUT2D eigenvalue weighted by Gasteiger charge is -2.42. The van der Waals surface area contributed by atoms with Gasteiger partial charge in [-0.25, -0.2) is 4.79 Å². The van der Waals surface area contributed by atoms with Crippen LogP contribution in [0.1, 0.15) is 24.8 Å². The lowest BCUT2D eigenvalue weighted by Crippen LogP contribution is -2.43. The van der Waals surface area contributed by atoms with Crippen LogP contribution >= 0.6 is 15.9 Å². The first kappa shape index (κ1) is 14.0. The first-order valence-corrected chi connectivity index (χ1v) is 7.60. The fraction of sp³-hybridized carbons (Fsp3) is 0.571. The Morgan fingerprint density at radius 3 is 3.25 bits per heavy atom. The monoisotopic (exact) mass is 340 g/mol. The third-order valence-electron chi connectivity index (χ3n) is 4.43. The Bertz CT molecular complexity index is 525. The van der Waals surface area contributed by atoms with Crippen LogP contribution in [0.15, 0.2) is 22.9 Å². The Balaban J connectivity index is 1.99. The molecule has 0 spiro atoms. The maximum Gasteiger partial charge on any atom is 0.329 e. The number of ether oxygens (including phenoxy) is 1. The molecule has 20 heavy (non-hydrogen) atoms. The van der Waals surface area contributed by atoms with Crippen LogP contribution in [0, 0.1) is 5.92 Å². The summed E-state index contributed by atoms with van der Waals surface area (Å²) in [5.41, 5.74) is 0.487. The van der Waals surface area contributed by atoms with E-state index >= 15 is 0 Å². The Kier molecular flexibility index (Phi) is 3.79. The molecular weight excluding hydrogens is 324 g/mol. The predicted molar refractivity (Wildman–Crippen MR) is 76.3 cm³/mol. The van der Waals surface area contributed by atoms with Gasteiger partial charge in [-0.15, -0.1) is 0 Å². The smallest absolute Gasteiger partial charge is 0.329 e. The van der Waals surface area contributed by atoms with Gasteiger partial charge in [-0.1, -0.05) is 0 Å². The molecule has 1 aromatic rings. The minimum absolute atomic E-state index is 0.268. The van der Waals surface area contributed by atoms with E-state index in [1.54, 1.807) is 12.4 Å². The topological polar surface area (TPSA) is 71.5 Å². The second-order valence-corrected chi connectivity index (χ2v) is 6.36. The van der Waals surface area contributed by atoms with Crippen molar-refractivity contribution in [2.45, 2.75) is 30.9 Å². The SMILES string of the molecule is O=C(O)COC1(c2ccncc2Br)CCC2CC1CN2. The van der Waals surface area contributed by atoms with Gasteiger partial charge in [-0.05, 0) is 41.3 Å². The summed E-state index contributed by atoms with van der Waals surface area (Å²) in [4.78, 5) is 15.0. The normalized spacial score (nSPS) is 32.2. The van der Waals surface area contributed by atoms with E-state index in [2.05, 4.69) is 26.2 Å². The molecular formula is C14H17BrN2O3. The minimum Gasteiger partial charge on any atom is -0.480 e. The highest BCUT2D eigenvalue weighted by molar-refractivity contribution is 9.10. The fourth-order valence-corrected chi connectivity index (χ4v) is 4.10. The summed E-state index contributed by atoms with van der Waals surface area (Å²) in [7, 11) is 0. The average Bonchev–Trinajstić information content (AvgIpc) is 2.84. The summed E-state index contributed by atoms with van der Waals surface area (Å²) >= 11 is 3.53. The van der Waals surface area contributed by atoms with Crippen LogP contribution in [0.4, 0.5) is 0 Å². The summed E-state index contributed by atoms with van der Waals surface area (Å²) in [6, 6.07) is 2.48. The molecule has 0 amide bonds. The van der Waals surface area contributed by atoms with E-state index in [0.717, 1.165) is 35.8 Å². The van der Waals surface area contributed by atoms with Crippen molar-refractivity contribution in [1.82, 2.24) is 10.3 Å². The molecule has 2 aliphatic rings. The highest BCUT2D eigenvalue weighted by atomic mass is 79.9. The van der Waals surface area contributed by atoms with Gasteiger partial charge in [0.25, 0.3) is 0 Å². The van der Waals surface area contributed by atoms with Crippen molar-refractivity contribution in [2.24, 2.45) is 5.92 Å². The zero-order valence-corrected chi connectivity index (χ0v) is 12.6. The number of hydrogen-bond acceptors (Lipinski definition) is 4. The average molecular weight is 341 g/mol. The number of hydrogen-bond donors (Lipinski definition) is 2. The largest absolute Gasteiger partial charge is 0.480 e. The van der Waals surface area contributed by atoms with Gasteiger partial charge in [0.2, 0.25) is 0 Å². The van der Waals surface area contributed by atoms with E-state index < -0.39 is 11.6 Å². The standard InChI is InChI=1S/C14H17BrN2O3/c15-12-7-16-4-2-11(12)14(20-8-13(18)19)3-1-10-5-9(14)6-17-10/h2,4,7,9-10,17H,1,3,5-6,8H2,(H,18,19). The van der Waals surface area contributed by atoms with Gasteiger partial charge in [0, 0.05) is 40.9 Å². The Morgan fingerprint density at radius 1 is 1.65 bits per heavy atom. The van der Waals surface area contributed by atoms with E-state index in [1.807, 2.05) is 6.07 Å². The molecule has 5 nitrogen and oxygen atoms in total. The number of carbonyl (C=O) groups is 1. The van der Waals surface area contributed by atoms with Gasteiger partial charge in [-0.2, -0.15) is 0 Å². The predicted octanol–water partition coefficient (Wildman–Crippen LogP) is 1.91. The molecule has 3 rings (SSSR count). The molecule has 6 heteroatoms. The molecule has 2 bridgehead atoms. The third kappa shape index (κ3) is 2.36. The van der Waals surface area contributed by atoms with Crippen molar-refractivity contribution < 1.29 is 14.6 Å². The first-order valence-electron chi connectivity index (χ1n) is 6.81. The summed E-state index contributed by atoms with van der Waals surface area (Å²) in [5.74, 6) is -0.623. The van der Waals surface area contributed by atoms with Crippen LogP contribution in [0.5, 0.6) is 0 Å². The van der Waals surface area contributed by atoms with Crippen LogP contribution < -0.4 is 5.32 Å². The van der Waals surface area contributed by atoms with Crippen LogP contribution in [-0.4, -0.2) is 35.3 Å². The van der Waals surface area contributed by atoms with Crippen molar-refractivity contribution >= 4 is 21.9 Å². The van der Waals surface area contributed by atoms with Crippen molar-refractivity contribution in [3.8, 4) is 0 Å². The summed E-state index contributed by atoms with van der Waals surface area (Å²) < 4.78 is 6.82. The maximum atomic E-state index is 10.9. The Labute approximate surface area is 125 Å². The van der Waals surface area contributed by atoms with Crippen LogP contribution in [0.2, 0.25) is 0 Å². The molecule has 0 radical (unpaired) electrons. The highest BCUT2D eigenvalue weighted by Gasteiger charge is 2.50. The summed E-state index contributed by atoms with van der Waals surface area (Å²) in [6.45, 7) is 0.606. The number of nitrogens with one attached hydrogen (secondary N) is 1. The van der Waals surface area contributed by atoms with Crippen LogP contribution in [0.3, 0.4) is 0 Å². The van der Waals surface area contributed by atoms with Crippen molar-refractivity contribution in [3.63, 3.8) is 0 Å². The molecule has 2 heterocycles. The number of aromatic nitrogens is 1. The molecule has 3 unspecified atom stereocenters. The summed E-state index contributed by atoms with van der Waals surface area (Å²) in [6.07, 6.45) is 6.36. The molecule has 1 aliphatic heterocycles. The Hall–Kier alpha value is -0.980. The van der Waals surface area contributed by atoms with Gasteiger partial charge in [0.05, 0.1) is 5.60 Å². The molecule has 2 N–H and O–H groups in total. The van der Waals surface area contributed by atoms with E-state index in [0.29, 0.717) is 12.0 Å². The first-order chi connectivity index (χ1) is 9.62. The number of rotatable bonds is 4. The molecule has 2 fully saturated rings. The Morgan fingerprint density at radius 2 is 2.50 bits per heavy atom. The van der Waals surface area contributed by atoms with Crippen molar-refractivity contribution in [3.05, 3.63) is 28.5 Å².